The van der Waals surface area contributed by atoms with Gasteiger partial charge in [-0.1, -0.05) is 6.07 Å². The summed E-state index contributed by atoms with van der Waals surface area (Å²) in [4.78, 5) is 4.51. The van der Waals surface area contributed by atoms with Crippen molar-refractivity contribution in [1.29, 1.82) is 0 Å². The number of aryl methyl sites for hydroxylation is 3. The molecule has 2 aromatic rings. The molecule has 2 heterocycles. The molecule has 2 aromatic heterocycles. The first-order chi connectivity index (χ1) is 8.13. The van der Waals surface area contributed by atoms with E-state index in [0.717, 1.165) is 17.1 Å². The van der Waals surface area contributed by atoms with Gasteiger partial charge in [0.25, 0.3) is 0 Å². The standard InChI is InChI=1S/C13H18N4/c1-9-5-6-11(10(2)16-9)13(14-3)12-7-8-15-17(12)4/h5-8,13-14H,1-4H3. The summed E-state index contributed by atoms with van der Waals surface area (Å²) in [5.74, 6) is 0. The van der Waals surface area contributed by atoms with Gasteiger partial charge in [0.2, 0.25) is 0 Å². The van der Waals surface area contributed by atoms with Crippen LogP contribution in [0.3, 0.4) is 0 Å². The van der Waals surface area contributed by atoms with Crippen molar-refractivity contribution in [1.82, 2.24) is 20.1 Å². The lowest BCUT2D eigenvalue weighted by Gasteiger charge is -2.18. The normalized spacial score (nSPS) is 12.7. The van der Waals surface area contributed by atoms with Crippen LogP contribution in [0.4, 0.5) is 0 Å². The van der Waals surface area contributed by atoms with Crippen LogP contribution in [0.25, 0.3) is 0 Å². The molecule has 4 nitrogen and oxygen atoms in total. The summed E-state index contributed by atoms with van der Waals surface area (Å²) in [6.45, 7) is 4.05. The average molecular weight is 230 g/mol. The molecule has 0 saturated carbocycles. The maximum absolute atomic E-state index is 4.51. The summed E-state index contributed by atoms with van der Waals surface area (Å²) in [5, 5.41) is 7.54. The molecule has 2 rings (SSSR count). The fourth-order valence-electron chi connectivity index (χ4n) is 2.13. The summed E-state index contributed by atoms with van der Waals surface area (Å²) in [7, 11) is 3.91. The van der Waals surface area contributed by atoms with Crippen LogP contribution < -0.4 is 5.32 Å². The Bertz CT molecular complexity index is 516. The molecule has 0 aliphatic rings. The molecule has 0 fully saturated rings. The molecule has 0 aliphatic carbocycles. The molecule has 0 spiro atoms. The van der Waals surface area contributed by atoms with Crippen LogP contribution in [0.15, 0.2) is 24.4 Å². The van der Waals surface area contributed by atoms with Gasteiger partial charge in [-0.2, -0.15) is 5.10 Å². The molecular formula is C13H18N4. The van der Waals surface area contributed by atoms with Gasteiger partial charge in [0.05, 0.1) is 11.7 Å². The number of hydrogen-bond acceptors (Lipinski definition) is 3. The Morgan fingerprint density at radius 1 is 1.24 bits per heavy atom. The molecule has 0 aliphatic heterocycles. The van der Waals surface area contributed by atoms with E-state index < -0.39 is 0 Å². The minimum atomic E-state index is 0.135. The van der Waals surface area contributed by atoms with Crippen molar-refractivity contribution in [2.24, 2.45) is 7.05 Å². The number of hydrogen-bond donors (Lipinski definition) is 1. The first kappa shape index (κ1) is 11.8. The first-order valence-electron chi connectivity index (χ1n) is 5.72. The summed E-state index contributed by atoms with van der Waals surface area (Å²) in [5.41, 5.74) is 4.44. The number of aromatic nitrogens is 3. The predicted molar refractivity (Wildman–Crippen MR) is 67.8 cm³/mol. The lowest BCUT2D eigenvalue weighted by Crippen LogP contribution is -2.22. The van der Waals surface area contributed by atoms with Gasteiger partial charge in [-0.3, -0.25) is 9.67 Å². The van der Waals surface area contributed by atoms with Crippen LogP contribution >= 0.6 is 0 Å². The Labute approximate surface area is 102 Å². The van der Waals surface area contributed by atoms with Gasteiger partial charge in [-0.25, -0.2) is 0 Å². The van der Waals surface area contributed by atoms with Gasteiger partial charge in [0.15, 0.2) is 0 Å². The topological polar surface area (TPSA) is 42.7 Å². The molecule has 0 bridgehead atoms. The van der Waals surface area contributed by atoms with E-state index in [1.54, 1.807) is 0 Å². The highest BCUT2D eigenvalue weighted by atomic mass is 15.3. The monoisotopic (exact) mass is 230 g/mol. The molecule has 4 heteroatoms. The van der Waals surface area contributed by atoms with E-state index in [2.05, 4.69) is 21.5 Å². The van der Waals surface area contributed by atoms with E-state index in [1.165, 1.54) is 5.56 Å². The number of pyridine rings is 1. The Morgan fingerprint density at radius 3 is 2.53 bits per heavy atom. The number of rotatable bonds is 3. The van der Waals surface area contributed by atoms with Gasteiger partial charge < -0.3 is 5.32 Å². The molecule has 0 radical (unpaired) electrons. The highest BCUT2D eigenvalue weighted by molar-refractivity contribution is 5.31. The molecule has 1 N–H and O–H groups in total. The van der Waals surface area contributed by atoms with E-state index in [1.807, 2.05) is 51.0 Å². The van der Waals surface area contributed by atoms with Crippen LogP contribution in [0.1, 0.15) is 28.7 Å². The van der Waals surface area contributed by atoms with E-state index in [4.69, 9.17) is 0 Å². The third kappa shape index (κ3) is 2.22. The van der Waals surface area contributed by atoms with Crippen molar-refractivity contribution in [2.45, 2.75) is 19.9 Å². The quantitative estimate of drug-likeness (QED) is 0.873. The van der Waals surface area contributed by atoms with Crippen LogP contribution in [-0.2, 0) is 7.05 Å². The first-order valence-corrected chi connectivity index (χ1v) is 5.72. The van der Waals surface area contributed by atoms with Crippen molar-refractivity contribution in [2.75, 3.05) is 7.05 Å². The molecular weight excluding hydrogens is 212 g/mol. The molecule has 1 unspecified atom stereocenters. The molecule has 0 aromatic carbocycles. The van der Waals surface area contributed by atoms with Gasteiger partial charge in [-0.05, 0) is 38.6 Å². The summed E-state index contributed by atoms with van der Waals surface area (Å²) in [6.07, 6.45) is 1.82. The Kier molecular flexibility index (Phi) is 3.24. The second-order valence-corrected chi connectivity index (χ2v) is 4.23. The molecule has 1 atom stereocenters. The van der Waals surface area contributed by atoms with Crippen molar-refractivity contribution in [3.63, 3.8) is 0 Å². The lowest BCUT2D eigenvalue weighted by molar-refractivity contribution is 0.601. The summed E-state index contributed by atoms with van der Waals surface area (Å²) in [6, 6.07) is 6.34. The fourth-order valence-corrected chi connectivity index (χ4v) is 2.13. The van der Waals surface area contributed by atoms with Crippen molar-refractivity contribution in [3.05, 3.63) is 47.0 Å². The minimum absolute atomic E-state index is 0.135. The minimum Gasteiger partial charge on any atom is -0.308 e. The fraction of sp³-hybridized carbons (Fsp3) is 0.385. The molecule has 17 heavy (non-hydrogen) atoms. The van der Waals surface area contributed by atoms with Crippen molar-refractivity contribution in [3.8, 4) is 0 Å². The third-order valence-electron chi connectivity index (χ3n) is 3.02. The van der Waals surface area contributed by atoms with Crippen LogP contribution in [-0.4, -0.2) is 21.8 Å². The highest BCUT2D eigenvalue weighted by Gasteiger charge is 2.17. The van der Waals surface area contributed by atoms with Crippen LogP contribution in [0, 0.1) is 13.8 Å². The van der Waals surface area contributed by atoms with Crippen molar-refractivity contribution < 1.29 is 0 Å². The largest absolute Gasteiger partial charge is 0.308 e. The Hall–Kier alpha value is -1.68. The predicted octanol–water partition coefficient (Wildman–Crippen LogP) is 1.74. The van der Waals surface area contributed by atoms with E-state index >= 15 is 0 Å². The highest BCUT2D eigenvalue weighted by Crippen LogP contribution is 2.23. The van der Waals surface area contributed by atoms with E-state index in [9.17, 15) is 0 Å². The lowest BCUT2D eigenvalue weighted by atomic mass is 10.0. The maximum Gasteiger partial charge on any atom is 0.0763 e. The molecule has 90 valence electrons. The second-order valence-electron chi connectivity index (χ2n) is 4.23. The third-order valence-corrected chi connectivity index (χ3v) is 3.02. The summed E-state index contributed by atoms with van der Waals surface area (Å²) < 4.78 is 1.89. The van der Waals surface area contributed by atoms with E-state index in [0.29, 0.717) is 0 Å². The Morgan fingerprint density at radius 2 is 2.00 bits per heavy atom. The maximum atomic E-state index is 4.51. The molecule has 0 saturated heterocycles. The zero-order valence-electron chi connectivity index (χ0n) is 10.7. The number of nitrogens with zero attached hydrogens (tertiary/aromatic N) is 3. The zero-order chi connectivity index (χ0) is 12.4. The summed E-state index contributed by atoms with van der Waals surface area (Å²) >= 11 is 0. The number of nitrogens with one attached hydrogen (secondary N) is 1. The SMILES string of the molecule is CNC(c1ccc(C)nc1C)c1ccnn1C. The van der Waals surface area contributed by atoms with Crippen LogP contribution in [0.2, 0.25) is 0 Å². The zero-order valence-corrected chi connectivity index (χ0v) is 10.7. The molecule has 0 amide bonds. The second kappa shape index (κ2) is 4.67. The van der Waals surface area contributed by atoms with Gasteiger partial charge >= 0.3 is 0 Å². The smallest absolute Gasteiger partial charge is 0.0763 e. The van der Waals surface area contributed by atoms with Gasteiger partial charge in [0.1, 0.15) is 0 Å². The average Bonchev–Trinajstić information content (AvgIpc) is 2.69. The Balaban J connectivity index is 2.46. The van der Waals surface area contributed by atoms with Crippen molar-refractivity contribution >= 4 is 0 Å². The van der Waals surface area contributed by atoms with Gasteiger partial charge in [0, 0.05) is 24.6 Å². The van der Waals surface area contributed by atoms with Crippen LogP contribution in [0.5, 0.6) is 0 Å². The van der Waals surface area contributed by atoms with E-state index in [-0.39, 0.29) is 6.04 Å². The van der Waals surface area contributed by atoms with Gasteiger partial charge in [-0.15, -0.1) is 0 Å².